The first-order valence-corrected chi connectivity index (χ1v) is 6.56. The molecule has 0 bridgehead atoms. The van der Waals surface area contributed by atoms with Crippen molar-refractivity contribution in [2.75, 3.05) is 0 Å². The second-order valence-corrected chi connectivity index (χ2v) is 6.83. The molecular weight excluding hydrogens is 168 g/mol. The molecule has 3 rings (SSSR count). The molecule has 3 saturated carbocycles. The second kappa shape index (κ2) is 2.57. The summed E-state index contributed by atoms with van der Waals surface area (Å²) in [5.41, 5.74) is 0.869. The Morgan fingerprint density at radius 3 is 2.29 bits per heavy atom. The van der Waals surface area contributed by atoms with Gasteiger partial charge < -0.3 is 0 Å². The molecular formula is C14H24. The summed E-state index contributed by atoms with van der Waals surface area (Å²) in [7, 11) is 0. The van der Waals surface area contributed by atoms with Gasteiger partial charge in [0.1, 0.15) is 0 Å². The average Bonchev–Trinajstić information content (AvgIpc) is 2.32. The van der Waals surface area contributed by atoms with Crippen LogP contribution in [0.25, 0.3) is 0 Å². The minimum atomic E-state index is 0.869. The summed E-state index contributed by atoms with van der Waals surface area (Å²) in [6.07, 6.45) is 4.72. The monoisotopic (exact) mass is 192 g/mol. The first-order chi connectivity index (χ1) is 6.56. The standard InChI is InChI=1S/C14H24/c1-8(2)11-7-14-6-9(3)12(14)5-13(14)10(11)4/h8-13H,5-7H2,1-4H3. The van der Waals surface area contributed by atoms with Gasteiger partial charge in [-0.15, -0.1) is 0 Å². The molecule has 6 atom stereocenters. The predicted octanol–water partition coefficient (Wildman–Crippen LogP) is 3.96. The first-order valence-electron chi connectivity index (χ1n) is 6.56. The Kier molecular flexibility index (Phi) is 1.70. The highest BCUT2D eigenvalue weighted by atomic mass is 14.7. The molecule has 6 unspecified atom stereocenters. The van der Waals surface area contributed by atoms with Crippen molar-refractivity contribution in [3.63, 3.8) is 0 Å². The summed E-state index contributed by atoms with van der Waals surface area (Å²) in [4.78, 5) is 0. The lowest BCUT2D eigenvalue weighted by atomic mass is 9.39. The zero-order chi connectivity index (χ0) is 10.1. The van der Waals surface area contributed by atoms with Gasteiger partial charge in [0, 0.05) is 0 Å². The van der Waals surface area contributed by atoms with Crippen LogP contribution in [0.15, 0.2) is 0 Å². The topological polar surface area (TPSA) is 0 Å². The van der Waals surface area contributed by atoms with E-state index in [1.165, 1.54) is 0 Å². The fraction of sp³-hybridized carbons (Fsp3) is 1.00. The predicted molar refractivity (Wildman–Crippen MR) is 59.9 cm³/mol. The molecule has 1 spiro atoms. The maximum atomic E-state index is 2.53. The molecule has 0 aromatic heterocycles. The molecule has 14 heavy (non-hydrogen) atoms. The Bertz CT molecular complexity index is 255. The Morgan fingerprint density at radius 1 is 1.07 bits per heavy atom. The third kappa shape index (κ3) is 0.823. The quantitative estimate of drug-likeness (QED) is 0.590. The Labute approximate surface area is 88.5 Å². The van der Waals surface area contributed by atoms with Crippen LogP contribution in [0.4, 0.5) is 0 Å². The van der Waals surface area contributed by atoms with Gasteiger partial charge in [-0.3, -0.25) is 0 Å². The smallest absolute Gasteiger partial charge is 0.0230 e. The molecule has 0 nitrogen and oxygen atoms in total. The van der Waals surface area contributed by atoms with Crippen molar-refractivity contribution >= 4 is 0 Å². The fourth-order valence-electron chi connectivity index (χ4n) is 5.43. The molecule has 0 aromatic rings. The molecule has 0 aromatic carbocycles. The second-order valence-electron chi connectivity index (χ2n) is 6.83. The molecule has 0 radical (unpaired) electrons. The first kappa shape index (κ1) is 9.24. The van der Waals surface area contributed by atoms with Gasteiger partial charge in [0.2, 0.25) is 0 Å². The highest BCUT2D eigenvalue weighted by Gasteiger charge is 2.69. The van der Waals surface area contributed by atoms with E-state index in [1.54, 1.807) is 19.3 Å². The van der Waals surface area contributed by atoms with Crippen molar-refractivity contribution in [1.82, 2.24) is 0 Å². The van der Waals surface area contributed by atoms with Crippen LogP contribution in [0.1, 0.15) is 47.0 Å². The van der Waals surface area contributed by atoms with Gasteiger partial charge in [-0.2, -0.15) is 0 Å². The highest BCUT2D eigenvalue weighted by Crippen LogP contribution is 2.76. The van der Waals surface area contributed by atoms with Crippen LogP contribution < -0.4 is 0 Å². The maximum absolute atomic E-state index is 2.53. The lowest BCUT2D eigenvalue weighted by Crippen LogP contribution is -2.59. The normalized spacial score (nSPS) is 60.2. The molecule has 0 saturated heterocycles. The largest absolute Gasteiger partial charge is 0.0625 e. The van der Waals surface area contributed by atoms with E-state index in [4.69, 9.17) is 0 Å². The van der Waals surface area contributed by atoms with Gasteiger partial charge in [0.15, 0.2) is 0 Å². The van der Waals surface area contributed by atoms with Gasteiger partial charge in [-0.1, -0.05) is 27.7 Å². The van der Waals surface area contributed by atoms with Gasteiger partial charge in [0.05, 0.1) is 0 Å². The SMILES string of the molecule is CC(C)C1CC23CC(C)C2CC3C1C. The van der Waals surface area contributed by atoms with Crippen molar-refractivity contribution in [3.8, 4) is 0 Å². The van der Waals surface area contributed by atoms with E-state index in [0.717, 1.165) is 40.9 Å². The van der Waals surface area contributed by atoms with Crippen LogP contribution in [-0.4, -0.2) is 0 Å². The molecule has 0 heterocycles. The van der Waals surface area contributed by atoms with E-state index in [-0.39, 0.29) is 0 Å². The summed E-state index contributed by atoms with van der Waals surface area (Å²) < 4.78 is 0. The van der Waals surface area contributed by atoms with E-state index in [1.807, 2.05) is 0 Å². The van der Waals surface area contributed by atoms with Crippen molar-refractivity contribution in [2.45, 2.75) is 47.0 Å². The van der Waals surface area contributed by atoms with Crippen molar-refractivity contribution in [1.29, 1.82) is 0 Å². The van der Waals surface area contributed by atoms with Gasteiger partial charge in [-0.25, -0.2) is 0 Å². The van der Waals surface area contributed by atoms with Crippen LogP contribution >= 0.6 is 0 Å². The molecule has 0 N–H and O–H groups in total. The number of hydrogen-bond acceptors (Lipinski definition) is 0. The van der Waals surface area contributed by atoms with Crippen molar-refractivity contribution in [2.24, 2.45) is 40.9 Å². The number of rotatable bonds is 1. The average molecular weight is 192 g/mol. The van der Waals surface area contributed by atoms with Crippen LogP contribution in [0, 0.1) is 40.9 Å². The summed E-state index contributed by atoms with van der Waals surface area (Å²) in [6.45, 7) is 9.86. The summed E-state index contributed by atoms with van der Waals surface area (Å²) >= 11 is 0. The Morgan fingerprint density at radius 2 is 1.79 bits per heavy atom. The molecule has 80 valence electrons. The molecule has 3 aliphatic carbocycles. The van der Waals surface area contributed by atoms with Gasteiger partial charge >= 0.3 is 0 Å². The lowest BCUT2D eigenvalue weighted by Gasteiger charge is -2.66. The van der Waals surface area contributed by atoms with E-state index in [2.05, 4.69) is 27.7 Å². The molecule has 0 heteroatoms. The summed E-state index contributed by atoms with van der Waals surface area (Å²) in [5.74, 6) is 6.30. The van der Waals surface area contributed by atoms with Crippen LogP contribution in [-0.2, 0) is 0 Å². The maximum Gasteiger partial charge on any atom is -0.0230 e. The van der Waals surface area contributed by atoms with Crippen molar-refractivity contribution < 1.29 is 0 Å². The fourth-order valence-corrected chi connectivity index (χ4v) is 5.43. The third-order valence-corrected chi connectivity index (χ3v) is 6.16. The van der Waals surface area contributed by atoms with E-state index in [9.17, 15) is 0 Å². The van der Waals surface area contributed by atoms with Crippen LogP contribution in [0.3, 0.4) is 0 Å². The van der Waals surface area contributed by atoms with Gasteiger partial charge in [-0.05, 0) is 60.2 Å². The lowest BCUT2D eigenvalue weighted by molar-refractivity contribution is -0.174. The molecule has 0 amide bonds. The molecule has 3 aliphatic rings. The zero-order valence-electron chi connectivity index (χ0n) is 10.1. The van der Waals surface area contributed by atoms with Crippen molar-refractivity contribution in [3.05, 3.63) is 0 Å². The summed E-state index contributed by atoms with van der Waals surface area (Å²) in [6, 6.07) is 0. The van der Waals surface area contributed by atoms with E-state index < -0.39 is 0 Å². The van der Waals surface area contributed by atoms with Crippen LogP contribution in [0.5, 0.6) is 0 Å². The third-order valence-electron chi connectivity index (χ3n) is 6.16. The Hall–Kier alpha value is 0. The van der Waals surface area contributed by atoms with E-state index >= 15 is 0 Å². The molecule has 0 aliphatic heterocycles. The van der Waals surface area contributed by atoms with Crippen LogP contribution in [0.2, 0.25) is 0 Å². The minimum absolute atomic E-state index is 0.869. The summed E-state index contributed by atoms with van der Waals surface area (Å²) in [5, 5.41) is 0. The van der Waals surface area contributed by atoms with Gasteiger partial charge in [0.25, 0.3) is 0 Å². The molecule has 3 fully saturated rings. The van der Waals surface area contributed by atoms with E-state index in [0.29, 0.717) is 0 Å². The Balaban J connectivity index is 1.81. The number of hydrogen-bond donors (Lipinski definition) is 0. The highest BCUT2D eigenvalue weighted by molar-refractivity contribution is 5.17. The zero-order valence-corrected chi connectivity index (χ0v) is 10.1. The minimum Gasteiger partial charge on any atom is -0.0625 e.